The smallest absolute Gasteiger partial charge is 0.276 e. The molecule has 0 saturated carbocycles. The molecule has 0 bridgehead atoms. The molecule has 0 fully saturated rings. The maximum Gasteiger partial charge on any atom is 0.276 e. The number of fused-ring (bicyclic) bond motifs is 1. The predicted octanol–water partition coefficient (Wildman–Crippen LogP) is 4.89. The molecule has 0 atom stereocenters. The number of imidazole rings is 1. The van der Waals surface area contributed by atoms with Crippen LogP contribution in [0.4, 0.5) is 5.69 Å². The Morgan fingerprint density at radius 1 is 1.15 bits per heavy atom. The molecule has 4 rings (SSSR count). The molecule has 0 saturated heterocycles. The summed E-state index contributed by atoms with van der Waals surface area (Å²) in [6, 6.07) is 11.8. The summed E-state index contributed by atoms with van der Waals surface area (Å²) in [5, 5.41) is 3.13. The molecule has 6 heteroatoms. The maximum atomic E-state index is 13.0. The maximum absolute atomic E-state index is 13.0. The number of nitrogens with one attached hydrogen (secondary N) is 1. The lowest BCUT2D eigenvalue weighted by molar-refractivity contribution is 0.102. The number of nitrogens with zero attached hydrogens (tertiary/aromatic N) is 3. The minimum Gasteiger partial charge on any atom is -0.327 e. The number of halogens is 1. The number of carbonyl (C=O) groups is 1. The van der Waals surface area contributed by atoms with E-state index >= 15 is 0 Å². The van der Waals surface area contributed by atoms with Gasteiger partial charge in [-0.15, -0.1) is 0 Å². The Bertz CT molecular complexity index is 978. The molecule has 138 valence electrons. The summed E-state index contributed by atoms with van der Waals surface area (Å²) >= 11 is 6.09. The third kappa shape index (κ3) is 3.60. The number of hydrogen-bond donors (Lipinski definition) is 1. The van der Waals surface area contributed by atoms with Gasteiger partial charge in [-0.2, -0.15) is 0 Å². The number of aryl methyl sites for hydroxylation is 1. The van der Waals surface area contributed by atoms with Crippen LogP contribution in [0.2, 0.25) is 5.15 Å². The van der Waals surface area contributed by atoms with Crippen molar-refractivity contribution in [1.82, 2.24) is 14.5 Å². The van der Waals surface area contributed by atoms with Gasteiger partial charge in [-0.05, 0) is 38.3 Å². The average Bonchev–Trinajstić information content (AvgIpc) is 2.86. The van der Waals surface area contributed by atoms with Crippen LogP contribution in [0.15, 0.2) is 42.6 Å². The monoisotopic (exact) mass is 380 g/mol. The fourth-order valence-electron chi connectivity index (χ4n) is 3.49. The quantitative estimate of drug-likeness (QED) is 0.658. The van der Waals surface area contributed by atoms with Gasteiger partial charge in [0.05, 0.1) is 11.4 Å². The zero-order valence-electron chi connectivity index (χ0n) is 15.2. The van der Waals surface area contributed by atoms with E-state index in [9.17, 15) is 4.79 Å². The molecule has 0 unspecified atom stereocenters. The summed E-state index contributed by atoms with van der Waals surface area (Å²) in [5.74, 6) is 0.614. The third-order valence-electron chi connectivity index (χ3n) is 4.90. The first-order valence-corrected chi connectivity index (χ1v) is 9.59. The number of amides is 1. The van der Waals surface area contributed by atoms with Crippen LogP contribution in [0.25, 0.3) is 11.4 Å². The number of benzene rings is 1. The summed E-state index contributed by atoms with van der Waals surface area (Å²) in [7, 11) is 0. The molecular formula is C21H21ClN4O. The molecule has 3 aromatic rings. The Morgan fingerprint density at radius 3 is 2.74 bits per heavy atom. The lowest BCUT2D eigenvalue weighted by Gasteiger charge is -2.09. The Morgan fingerprint density at radius 2 is 1.96 bits per heavy atom. The van der Waals surface area contributed by atoms with E-state index in [1.54, 1.807) is 18.3 Å². The van der Waals surface area contributed by atoms with Gasteiger partial charge in [0.1, 0.15) is 11.5 Å². The van der Waals surface area contributed by atoms with E-state index in [2.05, 4.69) is 46.1 Å². The SMILES string of the molecule is Cc1ccc(-c2nc(C(=O)Nc3cccnc3Cl)c3n2CCCCC3)cc1. The van der Waals surface area contributed by atoms with Gasteiger partial charge in [0.15, 0.2) is 5.15 Å². The first kappa shape index (κ1) is 17.7. The second-order valence-corrected chi connectivity index (χ2v) is 7.21. The highest BCUT2D eigenvalue weighted by atomic mass is 35.5. The standard InChI is InChI=1S/C21H21ClN4O/c1-14-8-10-15(11-9-14)20-25-18(17-7-3-2-4-13-26(17)20)21(27)24-16-6-5-12-23-19(16)22/h5-6,8-12H,2-4,7,13H2,1H3,(H,24,27). The zero-order valence-corrected chi connectivity index (χ0v) is 16.0. The summed E-state index contributed by atoms with van der Waals surface area (Å²) in [6.45, 7) is 2.94. The van der Waals surface area contributed by atoms with Crippen molar-refractivity contribution < 1.29 is 4.79 Å². The van der Waals surface area contributed by atoms with Crippen LogP contribution in [0.5, 0.6) is 0 Å². The summed E-state index contributed by atoms with van der Waals surface area (Å²) < 4.78 is 2.21. The Kier molecular flexibility index (Phi) is 4.94. The molecule has 1 aliphatic heterocycles. The van der Waals surface area contributed by atoms with Crippen LogP contribution in [0.3, 0.4) is 0 Å². The van der Waals surface area contributed by atoms with Gasteiger partial charge in [0.25, 0.3) is 5.91 Å². The molecule has 5 nitrogen and oxygen atoms in total. The number of rotatable bonds is 3. The highest BCUT2D eigenvalue weighted by Gasteiger charge is 2.24. The lowest BCUT2D eigenvalue weighted by atomic mass is 10.1. The summed E-state index contributed by atoms with van der Waals surface area (Å²) in [6.07, 6.45) is 5.76. The topological polar surface area (TPSA) is 59.8 Å². The molecule has 0 spiro atoms. The van der Waals surface area contributed by atoms with Crippen LogP contribution in [-0.2, 0) is 13.0 Å². The Balaban J connectivity index is 1.75. The second kappa shape index (κ2) is 7.53. The van der Waals surface area contributed by atoms with Crippen molar-refractivity contribution in [2.24, 2.45) is 0 Å². The van der Waals surface area contributed by atoms with Gasteiger partial charge in [0.2, 0.25) is 0 Å². The molecule has 0 aliphatic carbocycles. The van der Waals surface area contributed by atoms with Gasteiger partial charge in [-0.1, -0.05) is 47.9 Å². The molecule has 1 aliphatic rings. The minimum absolute atomic E-state index is 0.242. The van der Waals surface area contributed by atoms with Crippen molar-refractivity contribution in [2.75, 3.05) is 5.32 Å². The van der Waals surface area contributed by atoms with Crippen LogP contribution in [0, 0.1) is 6.92 Å². The highest BCUT2D eigenvalue weighted by molar-refractivity contribution is 6.32. The third-order valence-corrected chi connectivity index (χ3v) is 5.20. The van der Waals surface area contributed by atoms with E-state index in [1.807, 2.05) is 0 Å². The largest absolute Gasteiger partial charge is 0.327 e. The fourth-order valence-corrected chi connectivity index (χ4v) is 3.65. The van der Waals surface area contributed by atoms with E-state index in [4.69, 9.17) is 16.6 Å². The molecular weight excluding hydrogens is 360 g/mol. The minimum atomic E-state index is -0.242. The van der Waals surface area contributed by atoms with Crippen molar-refractivity contribution in [3.8, 4) is 11.4 Å². The van der Waals surface area contributed by atoms with Crippen LogP contribution >= 0.6 is 11.6 Å². The molecule has 0 radical (unpaired) electrons. The number of pyridine rings is 1. The van der Waals surface area contributed by atoms with Crippen LogP contribution < -0.4 is 5.32 Å². The van der Waals surface area contributed by atoms with Gasteiger partial charge in [-0.25, -0.2) is 9.97 Å². The Hall–Kier alpha value is -2.66. The highest BCUT2D eigenvalue weighted by Crippen LogP contribution is 2.28. The van der Waals surface area contributed by atoms with Crippen molar-refractivity contribution >= 4 is 23.2 Å². The predicted molar refractivity (Wildman–Crippen MR) is 107 cm³/mol. The number of aromatic nitrogens is 3. The molecule has 1 aromatic carbocycles. The lowest BCUT2D eigenvalue weighted by Crippen LogP contribution is -2.15. The molecule has 2 aromatic heterocycles. The van der Waals surface area contributed by atoms with Gasteiger partial charge in [-0.3, -0.25) is 4.79 Å². The molecule has 1 N–H and O–H groups in total. The van der Waals surface area contributed by atoms with E-state index < -0.39 is 0 Å². The molecule has 27 heavy (non-hydrogen) atoms. The van der Waals surface area contributed by atoms with E-state index in [1.165, 1.54) is 5.56 Å². The normalized spacial score (nSPS) is 13.7. The molecule has 3 heterocycles. The van der Waals surface area contributed by atoms with Gasteiger partial charge in [0, 0.05) is 18.3 Å². The zero-order chi connectivity index (χ0) is 18.8. The second-order valence-electron chi connectivity index (χ2n) is 6.85. The van der Waals surface area contributed by atoms with Crippen LogP contribution in [-0.4, -0.2) is 20.4 Å². The van der Waals surface area contributed by atoms with Crippen molar-refractivity contribution in [2.45, 2.75) is 39.2 Å². The van der Waals surface area contributed by atoms with Gasteiger partial charge < -0.3 is 9.88 Å². The van der Waals surface area contributed by atoms with Gasteiger partial charge >= 0.3 is 0 Å². The van der Waals surface area contributed by atoms with Crippen molar-refractivity contribution in [3.63, 3.8) is 0 Å². The van der Waals surface area contributed by atoms with Crippen LogP contribution in [0.1, 0.15) is 41.0 Å². The Labute approximate surface area is 163 Å². The number of carbonyl (C=O) groups excluding carboxylic acids is 1. The number of hydrogen-bond acceptors (Lipinski definition) is 3. The fraction of sp³-hybridized carbons (Fsp3) is 0.286. The van der Waals surface area contributed by atoms with Crippen molar-refractivity contribution in [1.29, 1.82) is 0 Å². The summed E-state index contributed by atoms with van der Waals surface area (Å²) in [4.78, 5) is 21.7. The van der Waals surface area contributed by atoms with E-state index in [-0.39, 0.29) is 11.1 Å². The van der Waals surface area contributed by atoms with E-state index in [0.29, 0.717) is 11.4 Å². The van der Waals surface area contributed by atoms with E-state index in [0.717, 1.165) is 49.3 Å². The first-order chi connectivity index (χ1) is 13.1. The first-order valence-electron chi connectivity index (χ1n) is 9.22. The number of anilines is 1. The average molecular weight is 381 g/mol. The summed E-state index contributed by atoms with van der Waals surface area (Å²) in [5.41, 5.74) is 4.21. The molecule has 1 amide bonds. The van der Waals surface area contributed by atoms with Crippen molar-refractivity contribution in [3.05, 3.63) is 64.7 Å².